The summed E-state index contributed by atoms with van der Waals surface area (Å²) in [5.41, 5.74) is -0.735. The first-order valence-electron chi connectivity index (χ1n) is 8.78. The van der Waals surface area contributed by atoms with Gasteiger partial charge in [0, 0.05) is 6.54 Å². The number of H-pyrrole nitrogens is 1. The van der Waals surface area contributed by atoms with E-state index in [9.17, 15) is 14.4 Å². The van der Waals surface area contributed by atoms with Gasteiger partial charge in [0.1, 0.15) is 6.20 Å². The number of rotatable bonds is 4. The SMILES string of the molecule is O=C(NCC1CC2CCC1C2)c1cc(-n2c(=O)cn[nH]c2=O)ccc1Cl. The number of aromatic nitrogens is 3. The van der Waals surface area contributed by atoms with Crippen molar-refractivity contribution in [3.63, 3.8) is 0 Å². The van der Waals surface area contributed by atoms with Crippen LogP contribution in [0, 0.1) is 17.8 Å². The maximum Gasteiger partial charge on any atom is 0.349 e. The van der Waals surface area contributed by atoms with E-state index in [0.29, 0.717) is 12.5 Å². The quantitative estimate of drug-likeness (QED) is 0.851. The largest absolute Gasteiger partial charge is 0.352 e. The average Bonchev–Trinajstić information content (AvgIpc) is 3.24. The van der Waals surface area contributed by atoms with Crippen LogP contribution in [0.15, 0.2) is 34.0 Å². The summed E-state index contributed by atoms with van der Waals surface area (Å²) in [7, 11) is 0. The van der Waals surface area contributed by atoms with Crippen molar-refractivity contribution in [1.29, 1.82) is 0 Å². The third kappa shape index (κ3) is 3.07. The number of nitrogens with one attached hydrogen (secondary N) is 2. The smallest absolute Gasteiger partial charge is 0.349 e. The predicted octanol–water partition coefficient (Wildman–Crippen LogP) is 1.74. The maximum atomic E-state index is 12.6. The minimum atomic E-state index is -0.673. The van der Waals surface area contributed by atoms with Crippen molar-refractivity contribution in [1.82, 2.24) is 20.1 Å². The molecule has 2 N–H and O–H groups in total. The Morgan fingerprint density at radius 3 is 2.85 bits per heavy atom. The summed E-state index contributed by atoms with van der Waals surface area (Å²) < 4.78 is 0.913. The molecule has 3 unspecified atom stereocenters. The first-order chi connectivity index (χ1) is 12.5. The van der Waals surface area contributed by atoms with E-state index in [2.05, 4.69) is 15.5 Å². The summed E-state index contributed by atoms with van der Waals surface area (Å²) >= 11 is 6.17. The van der Waals surface area contributed by atoms with Crippen LogP contribution in [0.3, 0.4) is 0 Å². The molecule has 1 amide bonds. The van der Waals surface area contributed by atoms with Gasteiger partial charge < -0.3 is 5.32 Å². The number of amides is 1. The van der Waals surface area contributed by atoms with Crippen LogP contribution in [-0.4, -0.2) is 27.2 Å². The van der Waals surface area contributed by atoms with Crippen molar-refractivity contribution in [2.75, 3.05) is 6.54 Å². The van der Waals surface area contributed by atoms with Crippen LogP contribution < -0.4 is 16.6 Å². The molecule has 2 aliphatic carbocycles. The number of carbonyl (C=O) groups excluding carboxylic acids is 1. The molecule has 7 nitrogen and oxygen atoms in total. The molecule has 2 aromatic rings. The number of benzene rings is 1. The molecule has 2 aliphatic rings. The maximum absolute atomic E-state index is 12.6. The van der Waals surface area contributed by atoms with Gasteiger partial charge in [-0.05, 0) is 55.2 Å². The van der Waals surface area contributed by atoms with Crippen LogP contribution >= 0.6 is 11.6 Å². The van der Waals surface area contributed by atoms with E-state index in [1.165, 1.54) is 43.9 Å². The lowest BCUT2D eigenvalue weighted by Gasteiger charge is -2.22. The zero-order valence-corrected chi connectivity index (χ0v) is 14.8. The molecule has 0 aliphatic heterocycles. The highest BCUT2D eigenvalue weighted by atomic mass is 35.5. The van der Waals surface area contributed by atoms with Gasteiger partial charge in [0.15, 0.2) is 0 Å². The number of nitrogens with zero attached hydrogens (tertiary/aromatic N) is 2. The van der Waals surface area contributed by atoms with Crippen molar-refractivity contribution < 1.29 is 4.79 Å². The van der Waals surface area contributed by atoms with Crippen LogP contribution in [0.25, 0.3) is 5.69 Å². The summed E-state index contributed by atoms with van der Waals surface area (Å²) in [5, 5.41) is 8.91. The lowest BCUT2D eigenvalue weighted by Crippen LogP contribution is -2.34. The highest BCUT2D eigenvalue weighted by Crippen LogP contribution is 2.47. The normalized spacial score (nSPS) is 24.0. The molecule has 4 rings (SSSR count). The first kappa shape index (κ1) is 17.0. The predicted molar refractivity (Wildman–Crippen MR) is 96.7 cm³/mol. The Balaban J connectivity index is 1.55. The Morgan fingerprint density at radius 2 is 2.15 bits per heavy atom. The van der Waals surface area contributed by atoms with E-state index in [0.717, 1.165) is 22.6 Å². The lowest BCUT2D eigenvalue weighted by atomic mass is 9.89. The van der Waals surface area contributed by atoms with Gasteiger partial charge in [-0.1, -0.05) is 18.0 Å². The van der Waals surface area contributed by atoms with Gasteiger partial charge >= 0.3 is 5.69 Å². The van der Waals surface area contributed by atoms with Gasteiger partial charge in [-0.2, -0.15) is 5.10 Å². The first-order valence-corrected chi connectivity index (χ1v) is 9.15. The van der Waals surface area contributed by atoms with Crippen LogP contribution in [0.5, 0.6) is 0 Å². The molecular formula is C18H19ClN4O3. The minimum Gasteiger partial charge on any atom is -0.352 e. The second-order valence-corrected chi connectivity index (χ2v) is 7.57. The Hall–Kier alpha value is -2.41. The molecule has 8 heteroatoms. The van der Waals surface area contributed by atoms with Gasteiger partial charge in [-0.3, -0.25) is 9.59 Å². The van der Waals surface area contributed by atoms with E-state index >= 15 is 0 Å². The molecule has 2 saturated carbocycles. The second kappa shape index (κ2) is 6.72. The van der Waals surface area contributed by atoms with E-state index in [1.807, 2.05) is 0 Å². The van der Waals surface area contributed by atoms with Gasteiger partial charge in [0.25, 0.3) is 11.5 Å². The van der Waals surface area contributed by atoms with Crippen molar-refractivity contribution in [3.05, 3.63) is 55.8 Å². The summed E-state index contributed by atoms with van der Waals surface area (Å²) in [5.74, 6) is 1.78. The Bertz CT molecular complexity index is 939. The van der Waals surface area contributed by atoms with Crippen molar-refractivity contribution >= 4 is 17.5 Å². The van der Waals surface area contributed by atoms with E-state index in [1.54, 1.807) is 0 Å². The van der Waals surface area contributed by atoms with Crippen molar-refractivity contribution in [3.8, 4) is 5.69 Å². The van der Waals surface area contributed by atoms with Gasteiger partial charge in [-0.25, -0.2) is 14.5 Å². The molecule has 2 bridgehead atoms. The Kier molecular flexibility index (Phi) is 4.40. The molecular weight excluding hydrogens is 356 g/mol. The van der Waals surface area contributed by atoms with Gasteiger partial charge in [0.05, 0.1) is 16.3 Å². The molecule has 26 heavy (non-hydrogen) atoms. The molecule has 0 saturated heterocycles. The number of carbonyl (C=O) groups is 1. The average molecular weight is 375 g/mol. The molecule has 0 radical (unpaired) electrons. The minimum absolute atomic E-state index is 0.246. The van der Waals surface area contributed by atoms with Crippen LogP contribution in [0.2, 0.25) is 5.02 Å². The van der Waals surface area contributed by atoms with Gasteiger partial charge in [0.2, 0.25) is 0 Å². The van der Waals surface area contributed by atoms with Crippen LogP contribution in [-0.2, 0) is 0 Å². The summed E-state index contributed by atoms with van der Waals surface area (Å²) in [6.07, 6.45) is 6.04. The van der Waals surface area contributed by atoms with Crippen LogP contribution in [0.4, 0.5) is 0 Å². The Labute approximate surface area is 154 Å². The highest BCUT2D eigenvalue weighted by molar-refractivity contribution is 6.33. The number of hydrogen-bond donors (Lipinski definition) is 2. The zero-order chi connectivity index (χ0) is 18.3. The van der Waals surface area contributed by atoms with Crippen molar-refractivity contribution in [2.24, 2.45) is 17.8 Å². The lowest BCUT2D eigenvalue weighted by molar-refractivity contribution is 0.0942. The number of halogens is 1. The molecule has 3 atom stereocenters. The third-order valence-electron chi connectivity index (χ3n) is 5.62. The Morgan fingerprint density at radius 1 is 1.31 bits per heavy atom. The standard InChI is InChI=1S/C18H19ClN4O3/c19-15-4-3-13(23-16(24)9-21-22-18(23)26)7-14(15)17(25)20-8-12-6-10-1-2-11(12)5-10/h3-4,7,9-12H,1-2,5-6,8H2,(H,20,25)(H,22,26). The second-order valence-electron chi connectivity index (χ2n) is 7.16. The third-order valence-corrected chi connectivity index (χ3v) is 5.95. The fourth-order valence-corrected chi connectivity index (χ4v) is 4.57. The fourth-order valence-electron chi connectivity index (χ4n) is 4.37. The summed E-state index contributed by atoms with van der Waals surface area (Å²) in [6, 6.07) is 4.48. The highest BCUT2D eigenvalue weighted by Gasteiger charge is 2.39. The zero-order valence-electron chi connectivity index (χ0n) is 14.1. The molecule has 1 aromatic carbocycles. The van der Waals surface area contributed by atoms with Gasteiger partial charge in [-0.15, -0.1) is 0 Å². The molecule has 1 aromatic heterocycles. The van der Waals surface area contributed by atoms with Crippen LogP contribution in [0.1, 0.15) is 36.0 Å². The number of fused-ring (bicyclic) bond motifs is 2. The monoisotopic (exact) mass is 374 g/mol. The summed E-state index contributed by atoms with van der Waals surface area (Å²) in [4.78, 5) is 36.4. The van der Waals surface area contributed by atoms with E-state index in [4.69, 9.17) is 11.6 Å². The number of aromatic amines is 1. The molecule has 1 heterocycles. The van der Waals surface area contributed by atoms with E-state index < -0.39 is 11.2 Å². The topological polar surface area (TPSA) is 96.8 Å². The summed E-state index contributed by atoms with van der Waals surface area (Å²) in [6.45, 7) is 0.635. The molecule has 2 fully saturated rings. The van der Waals surface area contributed by atoms with Crippen molar-refractivity contribution in [2.45, 2.75) is 25.7 Å². The number of hydrogen-bond acceptors (Lipinski definition) is 4. The molecule has 136 valence electrons. The molecule has 0 spiro atoms. The fraction of sp³-hybridized carbons (Fsp3) is 0.444. The van der Waals surface area contributed by atoms with E-state index in [-0.39, 0.29) is 22.2 Å².